The number of hydrogen-bond acceptors (Lipinski definition) is 5. The van der Waals surface area contributed by atoms with Crippen LogP contribution in [0, 0.1) is 5.92 Å². The van der Waals surface area contributed by atoms with Crippen molar-refractivity contribution in [1.29, 1.82) is 0 Å². The molecule has 0 N–H and O–H groups in total. The van der Waals surface area contributed by atoms with Gasteiger partial charge >= 0.3 is 5.97 Å². The quantitative estimate of drug-likeness (QED) is 0.763. The van der Waals surface area contributed by atoms with Gasteiger partial charge in [0.1, 0.15) is 0 Å². The highest BCUT2D eigenvalue weighted by Gasteiger charge is 2.23. The fraction of sp³-hybridized carbons (Fsp3) is 0.643. The molecule has 1 aliphatic rings. The second-order valence-corrected chi connectivity index (χ2v) is 4.91. The van der Waals surface area contributed by atoms with Crippen LogP contribution >= 0.6 is 0 Å². The number of hydrogen-bond donors (Lipinski definition) is 0. The van der Waals surface area contributed by atoms with E-state index in [2.05, 4.69) is 21.8 Å². The molecule has 2 rings (SSSR count). The molecule has 19 heavy (non-hydrogen) atoms. The minimum absolute atomic E-state index is 0.310. The van der Waals surface area contributed by atoms with Gasteiger partial charge in [-0.1, -0.05) is 12.8 Å². The van der Waals surface area contributed by atoms with Crippen molar-refractivity contribution >= 4 is 11.8 Å². The number of nitrogens with zero attached hydrogens (tertiary/aromatic N) is 3. The van der Waals surface area contributed by atoms with E-state index in [1.165, 1.54) is 39.0 Å². The lowest BCUT2D eigenvalue weighted by atomic mass is 10.1. The van der Waals surface area contributed by atoms with E-state index in [9.17, 15) is 4.79 Å². The number of aromatic nitrogens is 2. The van der Waals surface area contributed by atoms with Gasteiger partial charge in [0.2, 0.25) is 0 Å². The van der Waals surface area contributed by atoms with E-state index < -0.39 is 5.97 Å². The molecule has 0 saturated heterocycles. The summed E-state index contributed by atoms with van der Waals surface area (Å²) in [4.78, 5) is 22.3. The van der Waals surface area contributed by atoms with Gasteiger partial charge in [0.15, 0.2) is 11.5 Å². The smallest absolute Gasteiger partial charge is 0.360 e. The van der Waals surface area contributed by atoms with Gasteiger partial charge in [0, 0.05) is 25.5 Å². The number of anilines is 1. The third-order valence-corrected chi connectivity index (χ3v) is 3.69. The highest BCUT2D eigenvalue weighted by molar-refractivity contribution is 5.92. The number of methoxy groups -OCH3 is 1. The van der Waals surface area contributed by atoms with Crippen molar-refractivity contribution < 1.29 is 9.53 Å². The molecule has 0 amide bonds. The summed E-state index contributed by atoms with van der Waals surface area (Å²) in [5.41, 5.74) is 0.310. The topological polar surface area (TPSA) is 55.3 Å². The average Bonchev–Trinajstić information content (AvgIpc) is 2.97. The van der Waals surface area contributed by atoms with Gasteiger partial charge in [-0.2, -0.15) is 0 Å². The van der Waals surface area contributed by atoms with Crippen molar-refractivity contribution in [3.8, 4) is 0 Å². The first-order valence-electron chi connectivity index (χ1n) is 6.90. The zero-order valence-corrected chi connectivity index (χ0v) is 11.6. The van der Waals surface area contributed by atoms with E-state index in [1.54, 1.807) is 6.20 Å². The molecule has 0 aliphatic heterocycles. The predicted octanol–water partition coefficient (Wildman–Crippen LogP) is 2.28. The lowest BCUT2D eigenvalue weighted by Gasteiger charge is -2.26. The molecule has 1 heterocycles. The molecule has 1 aromatic rings. The van der Waals surface area contributed by atoms with Crippen LogP contribution in [0.1, 0.15) is 43.1 Å². The molecule has 0 bridgehead atoms. The van der Waals surface area contributed by atoms with Crippen molar-refractivity contribution in [3.05, 3.63) is 18.1 Å². The molecule has 0 radical (unpaired) electrons. The van der Waals surface area contributed by atoms with Crippen LogP contribution < -0.4 is 4.90 Å². The van der Waals surface area contributed by atoms with Gasteiger partial charge in [0.05, 0.1) is 7.11 Å². The minimum Gasteiger partial charge on any atom is -0.464 e. The molecule has 104 valence electrons. The van der Waals surface area contributed by atoms with Gasteiger partial charge in [-0.05, 0) is 25.7 Å². The van der Waals surface area contributed by atoms with E-state index >= 15 is 0 Å². The summed E-state index contributed by atoms with van der Waals surface area (Å²) in [6.45, 7) is 3.84. The van der Waals surface area contributed by atoms with E-state index in [0.29, 0.717) is 17.4 Å². The normalized spacial score (nSPS) is 15.5. The highest BCUT2D eigenvalue weighted by Crippen LogP contribution is 2.27. The summed E-state index contributed by atoms with van der Waals surface area (Å²) < 4.78 is 4.77. The van der Waals surface area contributed by atoms with Crippen LogP contribution in [0.25, 0.3) is 0 Å². The molecule has 0 spiro atoms. The second-order valence-electron chi connectivity index (χ2n) is 4.91. The molecule has 5 heteroatoms. The fourth-order valence-corrected chi connectivity index (χ4v) is 2.67. The summed E-state index contributed by atoms with van der Waals surface area (Å²) in [5, 5.41) is 0. The van der Waals surface area contributed by atoms with E-state index in [1.807, 2.05) is 0 Å². The van der Waals surface area contributed by atoms with Crippen molar-refractivity contribution in [3.63, 3.8) is 0 Å². The maximum absolute atomic E-state index is 11.7. The minimum atomic E-state index is -0.423. The summed E-state index contributed by atoms with van der Waals surface area (Å²) in [5.74, 6) is 0.921. The lowest BCUT2D eigenvalue weighted by Crippen LogP contribution is -2.31. The molecule has 1 aliphatic carbocycles. The van der Waals surface area contributed by atoms with Crippen molar-refractivity contribution in [1.82, 2.24) is 9.97 Å². The molecule has 5 nitrogen and oxygen atoms in total. The molecular formula is C14H21N3O2. The second kappa shape index (κ2) is 6.50. The zero-order chi connectivity index (χ0) is 13.7. The van der Waals surface area contributed by atoms with Gasteiger partial charge < -0.3 is 9.64 Å². The Morgan fingerprint density at radius 1 is 1.37 bits per heavy atom. The number of carbonyl (C=O) groups is 1. The van der Waals surface area contributed by atoms with Gasteiger partial charge in [-0.25, -0.2) is 14.8 Å². The third kappa shape index (κ3) is 3.22. The first-order chi connectivity index (χ1) is 9.26. The standard InChI is InChI=1S/C14H21N3O2/c1-3-17(10-11-6-4-5-7-11)13-12(14(18)19-2)15-8-9-16-13/h8-9,11H,3-7,10H2,1-2H3. The Morgan fingerprint density at radius 3 is 2.68 bits per heavy atom. The van der Waals surface area contributed by atoms with E-state index in [-0.39, 0.29) is 0 Å². The predicted molar refractivity (Wildman–Crippen MR) is 73.2 cm³/mol. The first-order valence-corrected chi connectivity index (χ1v) is 6.90. The van der Waals surface area contributed by atoms with Gasteiger partial charge in [0.25, 0.3) is 0 Å². The molecule has 0 aromatic carbocycles. The number of rotatable bonds is 5. The Kier molecular flexibility index (Phi) is 4.71. The maximum Gasteiger partial charge on any atom is 0.360 e. The van der Waals surface area contributed by atoms with Crippen LogP contribution in [0.5, 0.6) is 0 Å². The van der Waals surface area contributed by atoms with Crippen LogP contribution in [0.15, 0.2) is 12.4 Å². The largest absolute Gasteiger partial charge is 0.464 e. The Hall–Kier alpha value is -1.65. The molecule has 1 saturated carbocycles. The van der Waals surface area contributed by atoms with Crippen LogP contribution in [-0.4, -0.2) is 36.1 Å². The zero-order valence-electron chi connectivity index (χ0n) is 11.6. The van der Waals surface area contributed by atoms with E-state index in [0.717, 1.165) is 13.1 Å². The van der Waals surface area contributed by atoms with Crippen LogP contribution in [0.4, 0.5) is 5.82 Å². The average molecular weight is 263 g/mol. The summed E-state index contributed by atoms with van der Waals surface area (Å²) in [6, 6.07) is 0. The highest BCUT2D eigenvalue weighted by atomic mass is 16.5. The van der Waals surface area contributed by atoms with Gasteiger partial charge in [-0.15, -0.1) is 0 Å². The van der Waals surface area contributed by atoms with Crippen LogP contribution in [0.2, 0.25) is 0 Å². The van der Waals surface area contributed by atoms with Crippen LogP contribution in [-0.2, 0) is 4.74 Å². The van der Waals surface area contributed by atoms with Crippen molar-refractivity contribution in [2.75, 3.05) is 25.1 Å². The number of ether oxygens (including phenoxy) is 1. The summed E-state index contributed by atoms with van der Waals surface area (Å²) in [7, 11) is 1.37. The van der Waals surface area contributed by atoms with Crippen LogP contribution in [0.3, 0.4) is 0 Å². The van der Waals surface area contributed by atoms with Crippen molar-refractivity contribution in [2.45, 2.75) is 32.6 Å². The Morgan fingerprint density at radius 2 is 2.05 bits per heavy atom. The lowest BCUT2D eigenvalue weighted by molar-refractivity contribution is 0.0594. The Balaban J connectivity index is 2.19. The first kappa shape index (κ1) is 13.8. The maximum atomic E-state index is 11.7. The summed E-state index contributed by atoms with van der Waals surface area (Å²) in [6.07, 6.45) is 8.31. The Bertz CT molecular complexity index is 430. The van der Waals surface area contributed by atoms with Gasteiger partial charge in [-0.3, -0.25) is 0 Å². The Labute approximate surface area is 114 Å². The molecule has 0 atom stereocenters. The summed E-state index contributed by atoms with van der Waals surface area (Å²) >= 11 is 0. The molecular weight excluding hydrogens is 242 g/mol. The van der Waals surface area contributed by atoms with Crippen molar-refractivity contribution in [2.24, 2.45) is 5.92 Å². The molecule has 0 unspecified atom stereocenters. The monoisotopic (exact) mass is 263 g/mol. The third-order valence-electron chi connectivity index (χ3n) is 3.69. The fourth-order valence-electron chi connectivity index (χ4n) is 2.67. The number of carbonyl (C=O) groups excluding carboxylic acids is 1. The number of esters is 1. The molecule has 1 fully saturated rings. The SMILES string of the molecule is CCN(CC1CCCC1)c1nccnc1C(=O)OC. The van der Waals surface area contributed by atoms with E-state index in [4.69, 9.17) is 4.74 Å². The molecule has 1 aromatic heterocycles.